The van der Waals surface area contributed by atoms with Crippen LogP contribution in [0.1, 0.15) is 86.2 Å². The highest BCUT2D eigenvalue weighted by Gasteiger charge is 2.32. The molecule has 182 valence electrons. The van der Waals surface area contributed by atoms with Crippen molar-refractivity contribution in [1.29, 1.82) is 0 Å². The number of anilines is 1. The van der Waals surface area contributed by atoms with Gasteiger partial charge in [0.05, 0.1) is 35.3 Å². The van der Waals surface area contributed by atoms with Crippen LogP contribution in [-0.4, -0.2) is 48.5 Å². The summed E-state index contributed by atoms with van der Waals surface area (Å²) in [6, 6.07) is 1.73. The Bertz CT molecular complexity index is 880. The zero-order valence-corrected chi connectivity index (χ0v) is 20.9. The molecule has 1 aromatic rings. The second kappa shape index (κ2) is 11.5. The number of aromatic carboxylic acids is 1. The Morgan fingerprint density at radius 1 is 1.12 bits per heavy atom. The lowest BCUT2D eigenvalue weighted by Gasteiger charge is -2.32. The summed E-state index contributed by atoms with van der Waals surface area (Å²) < 4.78 is 5.19. The van der Waals surface area contributed by atoms with Crippen molar-refractivity contribution in [2.75, 3.05) is 25.2 Å². The number of hydrogen-bond donors (Lipinski definition) is 2. The maximum atomic E-state index is 12.8. The van der Waals surface area contributed by atoms with Crippen LogP contribution >= 0.6 is 11.3 Å². The normalized spacial score (nSPS) is 24.4. The van der Waals surface area contributed by atoms with Crippen LogP contribution in [0.15, 0.2) is 6.07 Å². The molecular weight excluding hydrogens is 438 g/mol. The molecule has 2 N–H and O–H groups in total. The molecule has 0 unspecified atom stereocenters. The van der Waals surface area contributed by atoms with E-state index in [0.717, 1.165) is 49.9 Å². The molecule has 0 bridgehead atoms. The smallest absolute Gasteiger partial charge is 0.348 e. The Hall–Kier alpha value is -1.88. The van der Waals surface area contributed by atoms with Gasteiger partial charge in [0.25, 0.3) is 0 Å². The van der Waals surface area contributed by atoms with Gasteiger partial charge in [-0.1, -0.05) is 38.0 Å². The lowest BCUT2D eigenvalue weighted by molar-refractivity contribution is -0.123. The van der Waals surface area contributed by atoms with Gasteiger partial charge in [-0.15, -0.1) is 11.3 Å². The predicted octanol–water partition coefficient (Wildman–Crippen LogP) is 4.93. The Kier molecular flexibility index (Phi) is 8.97. The van der Waals surface area contributed by atoms with Gasteiger partial charge >= 0.3 is 5.97 Å². The van der Waals surface area contributed by atoms with Crippen LogP contribution in [0.2, 0.25) is 0 Å². The van der Waals surface area contributed by atoms with E-state index in [2.05, 4.69) is 18.8 Å². The van der Waals surface area contributed by atoms with Crippen LogP contribution in [0, 0.1) is 29.1 Å². The van der Waals surface area contributed by atoms with Gasteiger partial charge in [0, 0.05) is 13.0 Å². The minimum absolute atomic E-state index is 0.0102. The molecule has 3 fully saturated rings. The van der Waals surface area contributed by atoms with E-state index < -0.39 is 5.97 Å². The molecule has 4 rings (SSSR count). The first kappa shape index (κ1) is 25.7. The van der Waals surface area contributed by atoms with Crippen molar-refractivity contribution in [2.45, 2.75) is 77.7 Å². The molecular formula is C26H37NO5S. The van der Waals surface area contributed by atoms with Crippen molar-refractivity contribution in [3.8, 4) is 11.8 Å². The Balaban J connectivity index is 0.000000374. The number of thiophene rings is 1. The van der Waals surface area contributed by atoms with E-state index in [9.17, 15) is 14.7 Å². The number of nitrogens with zero attached hydrogens (tertiary/aromatic N) is 1. The first-order valence-electron chi connectivity index (χ1n) is 12.1. The van der Waals surface area contributed by atoms with Crippen molar-refractivity contribution < 1.29 is 24.5 Å². The van der Waals surface area contributed by atoms with Gasteiger partial charge in [-0.2, -0.15) is 0 Å². The van der Waals surface area contributed by atoms with E-state index in [-0.39, 0.29) is 28.2 Å². The third-order valence-electron chi connectivity index (χ3n) is 6.87. The van der Waals surface area contributed by atoms with Gasteiger partial charge in [0.1, 0.15) is 4.88 Å². The van der Waals surface area contributed by atoms with Crippen molar-refractivity contribution in [3.05, 3.63) is 15.8 Å². The monoisotopic (exact) mass is 475 g/mol. The highest BCUT2D eigenvalue weighted by molar-refractivity contribution is 7.15. The van der Waals surface area contributed by atoms with Crippen LogP contribution in [0.25, 0.3) is 0 Å². The molecule has 1 amide bonds. The van der Waals surface area contributed by atoms with Gasteiger partial charge in [0.2, 0.25) is 5.91 Å². The van der Waals surface area contributed by atoms with Gasteiger partial charge < -0.3 is 19.8 Å². The summed E-state index contributed by atoms with van der Waals surface area (Å²) in [5.41, 5.74) is 0.291. The summed E-state index contributed by atoms with van der Waals surface area (Å²) in [7, 11) is 1.67. The Morgan fingerprint density at radius 2 is 1.76 bits per heavy atom. The maximum absolute atomic E-state index is 12.8. The number of amides is 1. The van der Waals surface area contributed by atoms with Crippen LogP contribution in [0.5, 0.6) is 0 Å². The largest absolute Gasteiger partial charge is 0.477 e. The molecule has 0 atom stereocenters. The van der Waals surface area contributed by atoms with Gasteiger partial charge in [-0.3, -0.25) is 4.79 Å². The number of aliphatic hydroxyl groups excluding tert-OH is 1. The van der Waals surface area contributed by atoms with E-state index in [1.54, 1.807) is 13.1 Å². The maximum Gasteiger partial charge on any atom is 0.348 e. The number of hydrogen-bond acceptors (Lipinski definition) is 5. The predicted molar refractivity (Wildman–Crippen MR) is 131 cm³/mol. The summed E-state index contributed by atoms with van der Waals surface area (Å²) in [4.78, 5) is 26.9. The van der Waals surface area contributed by atoms with Crippen molar-refractivity contribution in [1.82, 2.24) is 0 Å². The molecule has 0 spiro atoms. The molecule has 2 saturated carbocycles. The second-order valence-electron chi connectivity index (χ2n) is 10.1. The van der Waals surface area contributed by atoms with Gasteiger partial charge in [-0.05, 0) is 57.4 Å². The van der Waals surface area contributed by atoms with E-state index in [4.69, 9.17) is 9.84 Å². The first-order valence-corrected chi connectivity index (χ1v) is 12.9. The zero-order chi connectivity index (χ0) is 24.0. The molecule has 0 aromatic carbocycles. The van der Waals surface area contributed by atoms with Gasteiger partial charge in [-0.25, -0.2) is 4.79 Å². The number of ether oxygens (including phenoxy) is 1. The lowest BCUT2D eigenvalue weighted by Crippen LogP contribution is -2.38. The quantitative estimate of drug-likeness (QED) is 0.605. The molecule has 1 aromatic heterocycles. The summed E-state index contributed by atoms with van der Waals surface area (Å²) >= 11 is 1.13. The summed E-state index contributed by atoms with van der Waals surface area (Å²) in [5.74, 6) is 5.88. The Labute approximate surface area is 201 Å². The average molecular weight is 476 g/mol. The topological polar surface area (TPSA) is 87.1 Å². The molecule has 6 nitrogen and oxygen atoms in total. The Morgan fingerprint density at radius 3 is 2.24 bits per heavy atom. The lowest BCUT2D eigenvalue weighted by atomic mass is 9.82. The fourth-order valence-corrected chi connectivity index (χ4v) is 5.40. The number of carbonyl (C=O) groups excluding carboxylic acids is 1. The highest BCUT2D eigenvalue weighted by Crippen LogP contribution is 2.34. The van der Waals surface area contributed by atoms with Crippen molar-refractivity contribution in [2.24, 2.45) is 17.3 Å². The fourth-order valence-electron chi connectivity index (χ4n) is 4.52. The number of aliphatic hydroxyl groups is 1. The van der Waals surface area contributed by atoms with Crippen LogP contribution in [0.3, 0.4) is 0 Å². The van der Waals surface area contributed by atoms with E-state index in [1.165, 1.54) is 24.2 Å². The third kappa shape index (κ3) is 7.05. The number of rotatable bonds is 3. The number of carbonyl (C=O) groups is 2. The SMILES string of the molecule is CC1CCC(C(=O)N(C)c2cc(C#CC3(C)COC3)sc2C(=O)O)CC1.OC1CCCCC1. The molecule has 0 radical (unpaired) electrons. The van der Waals surface area contributed by atoms with Crippen LogP contribution < -0.4 is 4.90 Å². The summed E-state index contributed by atoms with van der Waals surface area (Å²) in [6.07, 6.45) is 9.78. The molecule has 7 heteroatoms. The second-order valence-corrected chi connectivity index (χ2v) is 11.1. The molecule has 1 saturated heterocycles. The average Bonchev–Trinajstić information content (AvgIpc) is 3.22. The number of carboxylic acid groups (broad SMARTS) is 1. The zero-order valence-electron chi connectivity index (χ0n) is 20.1. The molecule has 33 heavy (non-hydrogen) atoms. The minimum atomic E-state index is -1.02. The number of carboxylic acids is 1. The van der Waals surface area contributed by atoms with E-state index >= 15 is 0 Å². The third-order valence-corrected chi connectivity index (χ3v) is 7.89. The minimum Gasteiger partial charge on any atom is -0.477 e. The summed E-state index contributed by atoms with van der Waals surface area (Å²) in [5, 5.41) is 18.5. The molecule has 2 aliphatic carbocycles. The molecule has 1 aliphatic heterocycles. The van der Waals surface area contributed by atoms with Crippen LogP contribution in [-0.2, 0) is 9.53 Å². The van der Waals surface area contributed by atoms with Crippen LogP contribution in [0.4, 0.5) is 5.69 Å². The summed E-state index contributed by atoms with van der Waals surface area (Å²) in [6.45, 7) is 5.44. The first-order chi connectivity index (χ1) is 15.7. The van der Waals surface area contributed by atoms with Crippen molar-refractivity contribution >= 4 is 28.9 Å². The van der Waals surface area contributed by atoms with Gasteiger partial charge in [0.15, 0.2) is 0 Å². The molecule has 3 aliphatic rings. The highest BCUT2D eigenvalue weighted by atomic mass is 32.1. The van der Waals surface area contributed by atoms with E-state index in [0.29, 0.717) is 29.7 Å². The fraction of sp³-hybridized carbons (Fsp3) is 0.692. The standard InChI is InChI=1S/C20H25NO4S.C6H12O/c1-13-4-6-14(7-5-13)18(22)21(3)16-10-15(26-17(16)19(23)24)8-9-20(2)11-25-12-20;7-6-4-2-1-3-5-6/h10,13-14H,4-7,11-12H2,1-3H3,(H,23,24);6-7H,1-5H2. The van der Waals surface area contributed by atoms with Crippen molar-refractivity contribution in [3.63, 3.8) is 0 Å². The van der Waals surface area contributed by atoms with E-state index in [1.807, 2.05) is 6.92 Å². The molecule has 2 heterocycles.